The maximum Gasteiger partial charge on any atom is 0.326 e. The molecule has 0 aromatic heterocycles. The fourth-order valence-corrected chi connectivity index (χ4v) is 3.17. The number of hydrogen-bond acceptors (Lipinski definition) is 8. The van der Waals surface area contributed by atoms with Crippen molar-refractivity contribution in [3.05, 3.63) is 53.3 Å². The van der Waals surface area contributed by atoms with E-state index in [1.54, 1.807) is 24.3 Å². The van der Waals surface area contributed by atoms with Gasteiger partial charge < -0.3 is 34.5 Å². The molecule has 1 unspecified atom stereocenters. The first kappa shape index (κ1) is 21.7. The average Bonchev–Trinajstić information content (AvgIpc) is 3.35. The lowest BCUT2D eigenvalue weighted by molar-refractivity contribution is -0.147. The van der Waals surface area contributed by atoms with E-state index in [4.69, 9.17) is 29.2 Å². The van der Waals surface area contributed by atoms with E-state index >= 15 is 0 Å². The van der Waals surface area contributed by atoms with Gasteiger partial charge in [0.15, 0.2) is 23.9 Å². The van der Waals surface area contributed by atoms with Gasteiger partial charge in [0.05, 0.1) is 12.0 Å². The van der Waals surface area contributed by atoms with Gasteiger partial charge in [-0.25, -0.2) is 4.79 Å². The highest BCUT2D eigenvalue weighted by Gasteiger charge is 2.28. The molecule has 2 aromatic carbocycles. The first-order valence-corrected chi connectivity index (χ1v) is 9.65. The Kier molecular flexibility index (Phi) is 5.85. The summed E-state index contributed by atoms with van der Waals surface area (Å²) in [5.41, 5.74) is 0.990. The number of carboxylic acid groups (broad SMARTS) is 2. The third-order valence-corrected chi connectivity index (χ3v) is 4.72. The lowest BCUT2D eigenvalue weighted by Crippen LogP contribution is -2.44. The molecule has 0 spiro atoms. The summed E-state index contributed by atoms with van der Waals surface area (Å²) >= 11 is 0. The second-order valence-electron chi connectivity index (χ2n) is 7.06. The van der Waals surface area contributed by atoms with Gasteiger partial charge in [-0.3, -0.25) is 14.4 Å². The molecular formula is C22H17NO10. The monoisotopic (exact) mass is 455 g/mol. The van der Waals surface area contributed by atoms with Gasteiger partial charge in [0.2, 0.25) is 12.6 Å². The van der Waals surface area contributed by atoms with Crippen molar-refractivity contribution < 1.29 is 48.3 Å². The topological polar surface area (TPSA) is 158 Å². The molecule has 0 bridgehead atoms. The summed E-state index contributed by atoms with van der Waals surface area (Å²) in [4.78, 5) is 46.3. The van der Waals surface area contributed by atoms with E-state index in [-0.39, 0.29) is 29.8 Å². The van der Waals surface area contributed by atoms with E-state index in [1.165, 1.54) is 18.2 Å². The number of benzene rings is 2. The van der Waals surface area contributed by atoms with E-state index < -0.39 is 36.9 Å². The van der Waals surface area contributed by atoms with Gasteiger partial charge in [-0.05, 0) is 35.9 Å². The maximum absolute atomic E-state index is 12.6. The molecule has 1 atom stereocenters. The van der Waals surface area contributed by atoms with Crippen LogP contribution in [0.3, 0.4) is 0 Å². The molecule has 0 aliphatic carbocycles. The highest BCUT2D eigenvalue weighted by molar-refractivity contribution is 6.14. The van der Waals surface area contributed by atoms with E-state index in [9.17, 15) is 19.2 Å². The van der Waals surface area contributed by atoms with E-state index in [2.05, 4.69) is 5.32 Å². The molecular weight excluding hydrogens is 438 g/mol. The van der Waals surface area contributed by atoms with Crippen molar-refractivity contribution in [2.75, 3.05) is 13.4 Å². The number of allylic oxidation sites excluding steroid dienone is 1. The second kappa shape index (κ2) is 8.91. The Balaban J connectivity index is 1.40. The van der Waals surface area contributed by atoms with E-state index in [1.807, 2.05) is 0 Å². The zero-order valence-corrected chi connectivity index (χ0v) is 16.9. The highest BCUT2D eigenvalue weighted by Crippen LogP contribution is 2.37. The molecule has 0 saturated carbocycles. The Morgan fingerprint density at radius 3 is 2.61 bits per heavy atom. The van der Waals surface area contributed by atoms with Crippen LogP contribution in [0.25, 0.3) is 6.08 Å². The number of ketones is 1. The van der Waals surface area contributed by atoms with Crippen LogP contribution in [0.2, 0.25) is 0 Å². The molecule has 2 aromatic rings. The SMILES string of the molecule is O=C(O)CC(NC(=O)COc1ccc2c(c1)OC(=Cc1ccc3c(c1)OCO3)C2=O)C(=O)O. The smallest absolute Gasteiger partial charge is 0.326 e. The lowest BCUT2D eigenvalue weighted by atomic mass is 10.1. The number of Topliss-reactive ketones (excluding diaryl/α,β-unsaturated/α-hetero) is 1. The summed E-state index contributed by atoms with van der Waals surface area (Å²) < 4.78 is 21.6. The Labute approximate surface area is 186 Å². The molecule has 0 saturated heterocycles. The minimum Gasteiger partial charge on any atom is -0.484 e. The van der Waals surface area contributed by atoms with Crippen molar-refractivity contribution >= 4 is 29.7 Å². The predicted molar refractivity (Wildman–Crippen MR) is 109 cm³/mol. The van der Waals surface area contributed by atoms with Crippen molar-refractivity contribution in [3.63, 3.8) is 0 Å². The number of carboxylic acids is 2. The largest absolute Gasteiger partial charge is 0.484 e. The fourth-order valence-electron chi connectivity index (χ4n) is 3.17. The molecule has 2 aliphatic heterocycles. The number of amides is 1. The summed E-state index contributed by atoms with van der Waals surface area (Å²) in [6.45, 7) is -0.427. The Morgan fingerprint density at radius 2 is 1.85 bits per heavy atom. The molecule has 3 N–H and O–H groups in total. The summed E-state index contributed by atoms with van der Waals surface area (Å²) in [5.74, 6) is -2.28. The van der Waals surface area contributed by atoms with Crippen LogP contribution >= 0.6 is 0 Å². The molecule has 170 valence electrons. The minimum absolute atomic E-state index is 0.0942. The minimum atomic E-state index is -1.58. The maximum atomic E-state index is 12.6. The second-order valence-corrected chi connectivity index (χ2v) is 7.06. The van der Waals surface area contributed by atoms with Gasteiger partial charge >= 0.3 is 11.9 Å². The number of nitrogens with one attached hydrogen (secondary N) is 1. The summed E-state index contributed by atoms with van der Waals surface area (Å²) in [7, 11) is 0. The van der Waals surface area contributed by atoms with E-state index in [0.717, 1.165) is 0 Å². The third-order valence-electron chi connectivity index (χ3n) is 4.72. The van der Waals surface area contributed by atoms with Crippen LogP contribution in [0, 0.1) is 0 Å². The van der Waals surface area contributed by atoms with Crippen molar-refractivity contribution in [3.8, 4) is 23.0 Å². The number of fused-ring (bicyclic) bond motifs is 2. The number of carbonyl (C=O) groups excluding carboxylic acids is 2. The van der Waals surface area contributed by atoms with Crippen LogP contribution in [-0.4, -0.2) is 53.3 Å². The normalized spacial score (nSPS) is 15.5. The Morgan fingerprint density at radius 1 is 1.06 bits per heavy atom. The van der Waals surface area contributed by atoms with Crippen LogP contribution in [0.4, 0.5) is 0 Å². The summed E-state index contributed by atoms with van der Waals surface area (Å²) in [6.07, 6.45) is 0.793. The highest BCUT2D eigenvalue weighted by atomic mass is 16.7. The van der Waals surface area contributed by atoms with Gasteiger partial charge in [0.25, 0.3) is 5.91 Å². The Hall–Kier alpha value is -4.54. The van der Waals surface area contributed by atoms with Crippen LogP contribution < -0.4 is 24.3 Å². The van der Waals surface area contributed by atoms with Gasteiger partial charge in [-0.2, -0.15) is 0 Å². The standard InChI is InChI=1S/C22H17NO10/c24-19(23-14(22(28)29)8-20(25)26)9-30-12-2-3-13-16(7-12)33-18(21(13)27)6-11-1-4-15-17(5-11)32-10-31-15/h1-7,14H,8-10H2,(H,23,24)(H,25,26)(H,28,29). The van der Waals surface area contributed by atoms with Gasteiger partial charge in [-0.15, -0.1) is 0 Å². The molecule has 2 heterocycles. The molecule has 11 nitrogen and oxygen atoms in total. The summed E-state index contributed by atoms with van der Waals surface area (Å²) in [6, 6.07) is 7.98. The predicted octanol–water partition coefficient (Wildman–Crippen LogP) is 1.45. The number of hydrogen-bond donors (Lipinski definition) is 3. The first-order chi connectivity index (χ1) is 15.8. The number of aliphatic carboxylic acids is 2. The average molecular weight is 455 g/mol. The number of ether oxygens (including phenoxy) is 4. The first-order valence-electron chi connectivity index (χ1n) is 9.65. The molecule has 0 fully saturated rings. The van der Waals surface area contributed by atoms with Crippen LogP contribution in [0.1, 0.15) is 22.3 Å². The molecule has 33 heavy (non-hydrogen) atoms. The van der Waals surface area contributed by atoms with Crippen molar-refractivity contribution in [1.29, 1.82) is 0 Å². The molecule has 1 amide bonds. The third kappa shape index (κ3) is 4.87. The van der Waals surface area contributed by atoms with Crippen molar-refractivity contribution in [1.82, 2.24) is 5.32 Å². The van der Waals surface area contributed by atoms with Crippen LogP contribution in [0.5, 0.6) is 23.0 Å². The molecule has 2 aliphatic rings. The van der Waals surface area contributed by atoms with Crippen molar-refractivity contribution in [2.45, 2.75) is 12.5 Å². The van der Waals surface area contributed by atoms with Gasteiger partial charge in [0, 0.05) is 6.07 Å². The molecule has 4 rings (SSSR count). The van der Waals surface area contributed by atoms with E-state index in [0.29, 0.717) is 22.6 Å². The molecule has 11 heteroatoms. The van der Waals surface area contributed by atoms with Crippen molar-refractivity contribution in [2.24, 2.45) is 0 Å². The lowest BCUT2D eigenvalue weighted by Gasteiger charge is -2.13. The fraction of sp³-hybridized carbons (Fsp3) is 0.182. The van der Waals surface area contributed by atoms with Gasteiger partial charge in [0.1, 0.15) is 17.5 Å². The quantitative estimate of drug-likeness (QED) is 0.498. The molecule has 0 radical (unpaired) electrons. The van der Waals surface area contributed by atoms with Gasteiger partial charge in [-0.1, -0.05) is 6.07 Å². The Bertz CT molecular complexity index is 1190. The summed E-state index contributed by atoms with van der Waals surface area (Å²) in [5, 5.41) is 19.8. The van der Waals surface area contributed by atoms with Crippen LogP contribution in [-0.2, 0) is 14.4 Å². The van der Waals surface area contributed by atoms with Crippen LogP contribution in [0.15, 0.2) is 42.2 Å². The number of rotatable bonds is 8. The zero-order valence-electron chi connectivity index (χ0n) is 16.9. The number of carbonyl (C=O) groups is 4. The zero-order chi connectivity index (χ0) is 23.5.